The highest BCUT2D eigenvalue weighted by Crippen LogP contribution is 2.40. The molecule has 218 valence electrons. The number of alkyl halides is 6. The number of nitrogens with zero attached hydrogens (tertiary/aromatic N) is 3. The van der Waals surface area contributed by atoms with E-state index in [9.17, 15) is 35.1 Å². The van der Waals surface area contributed by atoms with Crippen molar-refractivity contribution in [3.63, 3.8) is 0 Å². The van der Waals surface area contributed by atoms with Crippen molar-refractivity contribution in [2.75, 3.05) is 0 Å². The molecule has 0 fully saturated rings. The lowest BCUT2D eigenvalue weighted by molar-refractivity contribution is -0.274. The second-order valence-electron chi connectivity index (χ2n) is 9.02. The third-order valence-corrected chi connectivity index (χ3v) is 6.77. The van der Waals surface area contributed by atoms with Crippen LogP contribution in [0.15, 0.2) is 82.2 Å². The number of aromatic nitrogens is 3. The van der Waals surface area contributed by atoms with E-state index in [1.54, 1.807) is 24.3 Å². The van der Waals surface area contributed by atoms with Gasteiger partial charge >= 0.3 is 12.5 Å². The molecule has 0 saturated heterocycles. The average Bonchev–Trinajstić information content (AvgIpc) is 3.50. The van der Waals surface area contributed by atoms with Gasteiger partial charge in [-0.1, -0.05) is 18.2 Å². The molecule has 7 nitrogen and oxygen atoms in total. The summed E-state index contributed by atoms with van der Waals surface area (Å²) in [5, 5.41) is 0. The summed E-state index contributed by atoms with van der Waals surface area (Å²) < 4.78 is 113. The van der Waals surface area contributed by atoms with Gasteiger partial charge in [-0.3, -0.25) is 4.21 Å². The summed E-state index contributed by atoms with van der Waals surface area (Å²) in [7, 11) is 0. The van der Waals surface area contributed by atoms with Gasteiger partial charge in [-0.05, 0) is 77.7 Å². The number of hydrogen-bond acceptors (Lipinski definition) is 6. The predicted molar refractivity (Wildman–Crippen MR) is 138 cm³/mol. The first-order chi connectivity index (χ1) is 19.7. The van der Waals surface area contributed by atoms with Gasteiger partial charge in [-0.15, -0.1) is 13.2 Å². The maximum Gasteiger partial charge on any atom is 0.573 e. The van der Waals surface area contributed by atoms with Crippen LogP contribution in [0.25, 0.3) is 39.4 Å². The lowest BCUT2D eigenvalue weighted by atomic mass is 9.98. The minimum absolute atomic E-state index is 0.0236. The number of benzene rings is 3. The zero-order valence-corrected chi connectivity index (χ0v) is 22.4. The normalized spacial score (nSPS) is 12.9. The Balaban J connectivity index is 1.71. The summed E-state index contributed by atoms with van der Waals surface area (Å²) in [5.41, 5.74) is 0.927. The van der Waals surface area contributed by atoms with Gasteiger partial charge in [0.2, 0.25) is 0 Å². The second-order valence-corrected chi connectivity index (χ2v) is 9.96. The van der Waals surface area contributed by atoms with Crippen molar-refractivity contribution in [1.82, 2.24) is 14.5 Å². The molecular formula is C28H18F6N3O4S-. The van der Waals surface area contributed by atoms with Crippen LogP contribution in [0.1, 0.15) is 17.4 Å². The van der Waals surface area contributed by atoms with Crippen LogP contribution in [0.5, 0.6) is 5.75 Å². The lowest BCUT2D eigenvalue weighted by Gasteiger charge is -2.15. The van der Waals surface area contributed by atoms with E-state index in [0.717, 1.165) is 18.3 Å². The zero-order valence-electron chi connectivity index (χ0n) is 21.6. The summed E-state index contributed by atoms with van der Waals surface area (Å²) >= 11 is -2.51. The van der Waals surface area contributed by atoms with E-state index in [0.29, 0.717) is 16.7 Å². The van der Waals surface area contributed by atoms with Crippen LogP contribution in [0.3, 0.4) is 0 Å². The van der Waals surface area contributed by atoms with Crippen LogP contribution >= 0.6 is 0 Å². The smallest absolute Gasteiger partial charge is 0.573 e. The van der Waals surface area contributed by atoms with Gasteiger partial charge in [-0.2, -0.15) is 13.2 Å². The second kappa shape index (κ2) is 10.8. The van der Waals surface area contributed by atoms with Gasteiger partial charge in [0, 0.05) is 29.1 Å². The van der Waals surface area contributed by atoms with Gasteiger partial charge in [0.25, 0.3) is 0 Å². The Morgan fingerprint density at radius 2 is 1.55 bits per heavy atom. The molecule has 0 aliphatic heterocycles. The Bertz CT molecular complexity index is 1790. The fraction of sp³-hybridized carbons (Fsp3) is 0.143. The van der Waals surface area contributed by atoms with Gasteiger partial charge in [0.1, 0.15) is 17.3 Å². The minimum Gasteiger partial charge on any atom is -0.768 e. The van der Waals surface area contributed by atoms with Gasteiger partial charge < -0.3 is 18.3 Å². The third kappa shape index (κ3) is 6.09. The molecule has 5 aromatic rings. The lowest BCUT2D eigenvalue weighted by Crippen LogP contribution is -2.16. The van der Waals surface area contributed by atoms with Crippen LogP contribution in [-0.4, -0.2) is 29.7 Å². The molecule has 0 aliphatic rings. The molecule has 3 aromatic carbocycles. The minimum atomic E-state index is -4.89. The van der Waals surface area contributed by atoms with Crippen LogP contribution in [-0.2, 0) is 17.3 Å². The molecule has 5 rings (SSSR count). The molecule has 0 radical (unpaired) electrons. The topological polar surface area (TPSA) is 93.2 Å². The number of ether oxygens (including phenoxy) is 1. The zero-order chi connectivity index (χ0) is 30.4. The number of imidazole rings is 1. The van der Waals surface area contributed by atoms with Crippen LogP contribution in [0.4, 0.5) is 26.3 Å². The van der Waals surface area contributed by atoms with Crippen LogP contribution < -0.4 is 4.74 Å². The van der Waals surface area contributed by atoms with E-state index in [1.165, 1.54) is 48.7 Å². The van der Waals surface area contributed by atoms with E-state index in [4.69, 9.17) is 4.42 Å². The van der Waals surface area contributed by atoms with E-state index < -0.39 is 35.1 Å². The molecular weight excluding hydrogens is 588 g/mol. The summed E-state index contributed by atoms with van der Waals surface area (Å²) in [6.45, 7) is 2.93. The molecule has 2 heterocycles. The maximum atomic E-state index is 13.5. The van der Waals surface area contributed by atoms with E-state index in [2.05, 4.69) is 14.7 Å². The van der Waals surface area contributed by atoms with E-state index in [1.807, 2.05) is 0 Å². The Hall–Kier alpha value is -4.43. The van der Waals surface area contributed by atoms with Crippen molar-refractivity contribution < 1.29 is 44.3 Å². The number of oxazole rings is 1. The van der Waals surface area contributed by atoms with E-state index in [-0.39, 0.29) is 39.3 Å². The van der Waals surface area contributed by atoms with Gasteiger partial charge in [0.05, 0.1) is 5.69 Å². The first kappa shape index (κ1) is 29.1. The largest absolute Gasteiger partial charge is 0.768 e. The molecule has 0 bridgehead atoms. The van der Waals surface area contributed by atoms with Crippen LogP contribution in [0, 0.1) is 13.8 Å². The van der Waals surface area contributed by atoms with Crippen molar-refractivity contribution in [1.29, 1.82) is 0 Å². The standard InChI is InChI=1S/C28H19F6N3O4S/c1-15-35-24(27(29,30)31)14-37(15)23-11-8-19(18-4-3-5-21(12-18)42(38)39)13-22(23)25-26(40-16(2)36-25)17-6-9-20(10-7-17)41-28(32,33)34/h3-14H,1-2H3,(H,38,39)/p-1. The Morgan fingerprint density at radius 1 is 0.881 bits per heavy atom. The third-order valence-electron chi connectivity index (χ3n) is 6.13. The van der Waals surface area contributed by atoms with Crippen molar-refractivity contribution in [3.05, 3.63) is 90.3 Å². The quantitative estimate of drug-likeness (QED) is 0.146. The maximum absolute atomic E-state index is 13.5. The molecule has 2 aromatic heterocycles. The molecule has 0 amide bonds. The summed E-state index contributed by atoms with van der Waals surface area (Å²) in [6.07, 6.45) is -8.76. The molecule has 0 aliphatic carbocycles. The summed E-state index contributed by atoms with van der Waals surface area (Å²) in [4.78, 5) is 8.13. The highest BCUT2D eigenvalue weighted by molar-refractivity contribution is 7.79. The number of hydrogen-bond donors (Lipinski definition) is 0. The first-order valence-corrected chi connectivity index (χ1v) is 13.1. The Kier molecular flexibility index (Phi) is 7.45. The molecule has 14 heteroatoms. The highest BCUT2D eigenvalue weighted by atomic mass is 32.2. The summed E-state index contributed by atoms with van der Waals surface area (Å²) in [6, 6.07) is 15.6. The van der Waals surface area contributed by atoms with Gasteiger partial charge in [-0.25, -0.2) is 9.97 Å². The van der Waals surface area contributed by atoms with E-state index >= 15 is 0 Å². The summed E-state index contributed by atoms with van der Waals surface area (Å²) in [5.74, 6) is -0.131. The predicted octanol–water partition coefficient (Wildman–Crippen LogP) is 7.63. The monoisotopic (exact) mass is 606 g/mol. The van der Waals surface area contributed by atoms with Crippen molar-refractivity contribution in [2.45, 2.75) is 31.3 Å². The number of aryl methyl sites for hydroxylation is 2. The Morgan fingerprint density at radius 3 is 2.17 bits per heavy atom. The average molecular weight is 607 g/mol. The molecule has 1 atom stereocenters. The van der Waals surface area contributed by atoms with Crippen molar-refractivity contribution in [3.8, 4) is 45.1 Å². The SMILES string of the molecule is Cc1nc(-c2cc(-c3cccc(S(=O)[O-])c3)ccc2-n2cc(C(F)(F)F)nc2C)c(-c2ccc(OC(F)(F)F)cc2)o1. The Labute approximate surface area is 236 Å². The molecule has 0 N–H and O–H groups in total. The van der Waals surface area contributed by atoms with Crippen LogP contribution in [0.2, 0.25) is 0 Å². The molecule has 42 heavy (non-hydrogen) atoms. The fourth-order valence-electron chi connectivity index (χ4n) is 4.36. The molecule has 0 saturated carbocycles. The molecule has 0 spiro atoms. The highest BCUT2D eigenvalue weighted by Gasteiger charge is 2.35. The fourth-order valence-corrected chi connectivity index (χ4v) is 4.77. The van der Waals surface area contributed by atoms with Crippen molar-refractivity contribution >= 4 is 11.1 Å². The number of halogens is 6. The first-order valence-electron chi connectivity index (χ1n) is 12.0. The number of rotatable bonds is 6. The molecule has 1 unspecified atom stereocenters. The van der Waals surface area contributed by atoms with Crippen molar-refractivity contribution in [2.24, 2.45) is 0 Å². The van der Waals surface area contributed by atoms with Gasteiger partial charge in [0.15, 0.2) is 17.3 Å².